The highest BCUT2D eigenvalue weighted by atomic mass is 79.9. The molecule has 3 aromatic heterocycles. The Morgan fingerprint density at radius 2 is 2.00 bits per heavy atom. The number of nitrogens with one attached hydrogen (secondary N) is 2. The third-order valence-electron chi connectivity index (χ3n) is 7.55. The van der Waals surface area contributed by atoms with Crippen LogP contribution in [0.25, 0.3) is 11.0 Å². The lowest BCUT2D eigenvalue weighted by Crippen LogP contribution is -2.61. The lowest BCUT2D eigenvalue weighted by Gasteiger charge is -2.53. The normalized spacial score (nSPS) is 25.2. The fraction of sp³-hybridized carbons (Fsp3) is 0.440. The molecule has 1 aliphatic carbocycles. The van der Waals surface area contributed by atoms with Crippen LogP contribution < -0.4 is 20.9 Å². The van der Waals surface area contributed by atoms with E-state index in [-0.39, 0.29) is 29.2 Å². The number of pyridine rings is 3. The van der Waals surface area contributed by atoms with Gasteiger partial charge in [0.25, 0.3) is 11.5 Å². The van der Waals surface area contributed by atoms with Crippen LogP contribution in [0.5, 0.6) is 5.75 Å². The summed E-state index contributed by atoms with van der Waals surface area (Å²) in [5.41, 5.74) is 2.20. The summed E-state index contributed by atoms with van der Waals surface area (Å²) in [6.45, 7) is 1.85. The molecule has 0 spiro atoms. The fourth-order valence-corrected chi connectivity index (χ4v) is 5.70. The van der Waals surface area contributed by atoms with Gasteiger partial charge in [0.05, 0.1) is 28.9 Å². The molecular formula is C25H26BrN5O4. The molecule has 0 radical (unpaired) electrons. The van der Waals surface area contributed by atoms with E-state index in [0.717, 1.165) is 53.3 Å². The van der Waals surface area contributed by atoms with Crippen LogP contribution in [-0.2, 0) is 22.6 Å². The molecule has 2 bridgehead atoms. The zero-order valence-electron chi connectivity index (χ0n) is 19.2. The quantitative estimate of drug-likeness (QED) is 0.495. The summed E-state index contributed by atoms with van der Waals surface area (Å²) in [5, 5.41) is 6.44. The molecule has 0 unspecified atom stereocenters. The number of hydrogen-bond donors (Lipinski definition) is 2. The number of rotatable bonds is 6. The Hall–Kier alpha value is -2.82. The zero-order valence-corrected chi connectivity index (χ0v) is 20.8. The Balaban J connectivity index is 1.10. The molecule has 3 aromatic rings. The summed E-state index contributed by atoms with van der Waals surface area (Å²) >= 11 is 3.47. The Kier molecular flexibility index (Phi) is 5.62. The van der Waals surface area contributed by atoms with E-state index in [9.17, 15) is 9.59 Å². The summed E-state index contributed by atoms with van der Waals surface area (Å²) in [7, 11) is 0. The highest BCUT2D eigenvalue weighted by molar-refractivity contribution is 9.10. The third-order valence-corrected chi connectivity index (χ3v) is 7.98. The zero-order chi connectivity index (χ0) is 24.0. The molecule has 2 saturated heterocycles. The predicted octanol–water partition coefficient (Wildman–Crippen LogP) is 3.15. The second-order valence-electron chi connectivity index (χ2n) is 9.72. The van der Waals surface area contributed by atoms with Crippen molar-refractivity contribution >= 4 is 38.7 Å². The van der Waals surface area contributed by atoms with Gasteiger partial charge in [-0.15, -0.1) is 0 Å². The van der Waals surface area contributed by atoms with E-state index in [0.29, 0.717) is 31.3 Å². The molecular weight excluding hydrogens is 514 g/mol. The van der Waals surface area contributed by atoms with Crippen molar-refractivity contribution in [2.75, 3.05) is 18.5 Å². The molecule has 7 rings (SSSR count). The van der Waals surface area contributed by atoms with Crippen molar-refractivity contribution in [3.63, 3.8) is 0 Å². The first-order valence-corrected chi connectivity index (χ1v) is 12.7. The Morgan fingerprint density at radius 3 is 2.80 bits per heavy atom. The maximum absolute atomic E-state index is 12.6. The number of fused-ring (bicyclic) bond motifs is 5. The summed E-state index contributed by atoms with van der Waals surface area (Å²) in [6.07, 6.45) is 6.45. The molecule has 4 aliphatic rings. The van der Waals surface area contributed by atoms with Gasteiger partial charge in [0.2, 0.25) is 0 Å². The van der Waals surface area contributed by atoms with Gasteiger partial charge in [-0.2, -0.15) is 0 Å². The summed E-state index contributed by atoms with van der Waals surface area (Å²) in [6, 6.07) is 9.08. The van der Waals surface area contributed by atoms with Gasteiger partial charge in [0, 0.05) is 35.4 Å². The molecule has 182 valence electrons. The van der Waals surface area contributed by atoms with Gasteiger partial charge in [0.15, 0.2) is 18.2 Å². The van der Waals surface area contributed by atoms with E-state index < -0.39 is 0 Å². The summed E-state index contributed by atoms with van der Waals surface area (Å²) in [4.78, 5) is 33.2. The number of aromatic nitrogens is 3. The molecule has 0 aromatic carbocycles. The van der Waals surface area contributed by atoms with E-state index in [2.05, 4.69) is 36.5 Å². The highest BCUT2D eigenvalue weighted by Crippen LogP contribution is 2.45. The highest BCUT2D eigenvalue weighted by Gasteiger charge is 2.49. The Morgan fingerprint density at radius 1 is 1.14 bits per heavy atom. The van der Waals surface area contributed by atoms with Crippen LogP contribution in [0.1, 0.15) is 37.8 Å². The van der Waals surface area contributed by atoms with Gasteiger partial charge in [-0.1, -0.05) is 0 Å². The number of ether oxygens (including phenoxy) is 2. The Labute approximate surface area is 210 Å². The van der Waals surface area contributed by atoms with E-state index >= 15 is 0 Å². The van der Waals surface area contributed by atoms with Crippen molar-refractivity contribution < 1.29 is 14.3 Å². The van der Waals surface area contributed by atoms with Crippen molar-refractivity contribution in [3.8, 4) is 5.75 Å². The number of nitrogens with zero attached hydrogens (tertiary/aromatic N) is 3. The molecule has 1 amide bonds. The summed E-state index contributed by atoms with van der Waals surface area (Å²) in [5.74, 6) is 0.891. The lowest BCUT2D eigenvalue weighted by molar-refractivity contribution is -0.167. The minimum atomic E-state index is -0.198. The van der Waals surface area contributed by atoms with Crippen LogP contribution in [0.2, 0.25) is 0 Å². The number of hydrogen-bond acceptors (Lipinski definition) is 7. The van der Waals surface area contributed by atoms with Gasteiger partial charge in [0.1, 0.15) is 0 Å². The molecule has 2 N–H and O–H groups in total. The first kappa shape index (κ1) is 22.6. The first-order chi connectivity index (χ1) is 16.9. The van der Waals surface area contributed by atoms with E-state index in [1.54, 1.807) is 18.3 Å². The summed E-state index contributed by atoms with van der Waals surface area (Å²) < 4.78 is 14.5. The van der Waals surface area contributed by atoms with Gasteiger partial charge in [-0.05, 0) is 72.3 Å². The van der Waals surface area contributed by atoms with Gasteiger partial charge >= 0.3 is 0 Å². The molecule has 6 heterocycles. The van der Waals surface area contributed by atoms with E-state index in [1.807, 2.05) is 22.8 Å². The molecule has 1 saturated carbocycles. The van der Waals surface area contributed by atoms with Crippen LogP contribution in [0, 0.1) is 0 Å². The van der Waals surface area contributed by atoms with Crippen molar-refractivity contribution in [3.05, 3.63) is 57.0 Å². The minimum Gasteiger partial charge on any atom is -0.480 e. The smallest absolute Gasteiger partial charge is 0.263 e. The SMILES string of the molecule is O=C1COc2ccc(CNC34CCC(CCn5c(=O)ccc6ncc(Br)cc65)(CC3)OC4)nc2N1. The van der Waals surface area contributed by atoms with Gasteiger partial charge < -0.3 is 24.7 Å². The average molecular weight is 540 g/mol. The number of carbonyl (C=O) groups is 1. The largest absolute Gasteiger partial charge is 0.480 e. The fourth-order valence-electron chi connectivity index (χ4n) is 5.38. The monoisotopic (exact) mass is 539 g/mol. The number of anilines is 1. The minimum absolute atomic E-state index is 0.0180. The topological polar surface area (TPSA) is 107 Å². The molecule has 10 heteroatoms. The van der Waals surface area contributed by atoms with E-state index in [4.69, 9.17) is 9.47 Å². The number of halogens is 1. The second-order valence-corrected chi connectivity index (χ2v) is 10.6. The van der Waals surface area contributed by atoms with Gasteiger partial charge in [-0.25, -0.2) is 4.98 Å². The van der Waals surface area contributed by atoms with Crippen molar-refractivity contribution in [2.45, 2.75) is 56.3 Å². The molecule has 3 aliphatic heterocycles. The third kappa shape index (κ3) is 4.34. The van der Waals surface area contributed by atoms with Crippen LogP contribution in [-0.4, -0.2) is 44.8 Å². The first-order valence-electron chi connectivity index (χ1n) is 11.9. The van der Waals surface area contributed by atoms with Crippen molar-refractivity contribution in [2.24, 2.45) is 0 Å². The second kappa shape index (κ2) is 8.69. The van der Waals surface area contributed by atoms with Crippen LogP contribution >= 0.6 is 15.9 Å². The maximum Gasteiger partial charge on any atom is 0.263 e. The number of aryl methyl sites for hydroxylation is 1. The average Bonchev–Trinajstić information content (AvgIpc) is 2.88. The maximum atomic E-state index is 12.6. The van der Waals surface area contributed by atoms with Crippen molar-refractivity contribution in [1.29, 1.82) is 0 Å². The number of carbonyl (C=O) groups excluding carboxylic acids is 1. The lowest BCUT2D eigenvalue weighted by atomic mass is 9.70. The van der Waals surface area contributed by atoms with Crippen LogP contribution in [0.3, 0.4) is 0 Å². The standard InChI is InChI=1S/C25H26BrN5O4/c26-16-11-19-18(27-12-16)2-4-22(33)31(19)10-9-25-7-5-24(6-8-25,15-35-25)28-13-17-1-3-20-23(29-17)30-21(32)14-34-20/h1-4,11-12,28H,5-10,13-15H2,(H,29,30,32). The van der Waals surface area contributed by atoms with Crippen LogP contribution in [0.15, 0.2) is 45.8 Å². The molecule has 0 atom stereocenters. The predicted molar refractivity (Wildman–Crippen MR) is 133 cm³/mol. The van der Waals surface area contributed by atoms with E-state index in [1.165, 1.54) is 0 Å². The van der Waals surface area contributed by atoms with Crippen LogP contribution in [0.4, 0.5) is 5.82 Å². The molecule has 9 nitrogen and oxygen atoms in total. The number of amides is 1. The molecule has 3 fully saturated rings. The Bertz CT molecular complexity index is 1350. The van der Waals surface area contributed by atoms with Crippen molar-refractivity contribution in [1.82, 2.24) is 19.9 Å². The molecule has 35 heavy (non-hydrogen) atoms. The van der Waals surface area contributed by atoms with Gasteiger partial charge in [-0.3, -0.25) is 14.6 Å².